The summed E-state index contributed by atoms with van der Waals surface area (Å²) in [6, 6.07) is 35.0. The Morgan fingerprint density at radius 2 is 1.18 bits per heavy atom. The van der Waals surface area contributed by atoms with Crippen molar-refractivity contribution in [3.8, 4) is 16.8 Å². The first-order chi connectivity index (χ1) is 13.7. The Morgan fingerprint density at radius 3 is 1.86 bits per heavy atom. The van der Waals surface area contributed by atoms with Gasteiger partial charge in [-0.3, -0.25) is 0 Å². The lowest BCUT2D eigenvalue weighted by atomic mass is 10.0. The van der Waals surface area contributed by atoms with Gasteiger partial charge in [-0.05, 0) is 46.9 Å². The second-order valence-electron chi connectivity index (χ2n) is 7.70. The van der Waals surface area contributed by atoms with Crippen LogP contribution in [0, 0.1) is 0 Å². The number of benzene rings is 4. The molecule has 0 atom stereocenters. The monoisotopic (exact) mass is 361 g/mol. The van der Waals surface area contributed by atoms with Gasteiger partial charge >= 0.3 is 0 Å². The van der Waals surface area contributed by atoms with Gasteiger partial charge in [-0.25, -0.2) is 0 Å². The minimum atomic E-state index is 0.506. The van der Waals surface area contributed by atoms with Gasteiger partial charge in [-0.1, -0.05) is 86.6 Å². The van der Waals surface area contributed by atoms with Crippen molar-refractivity contribution in [1.82, 2.24) is 4.57 Å². The molecular weight excluding hydrogens is 338 g/mol. The fourth-order valence-electron chi connectivity index (χ4n) is 4.06. The first-order valence-corrected chi connectivity index (χ1v) is 9.91. The summed E-state index contributed by atoms with van der Waals surface area (Å²) in [5.74, 6) is 0.506. The third-order valence-corrected chi connectivity index (χ3v) is 5.58. The molecule has 0 bridgehead atoms. The Labute approximate surface area is 165 Å². The molecule has 1 heterocycles. The Hall–Kier alpha value is -3.32. The van der Waals surface area contributed by atoms with Crippen LogP contribution in [0.3, 0.4) is 0 Å². The van der Waals surface area contributed by atoms with Gasteiger partial charge in [0.1, 0.15) is 0 Å². The first kappa shape index (κ1) is 16.8. The summed E-state index contributed by atoms with van der Waals surface area (Å²) in [6.07, 6.45) is 0. The molecule has 136 valence electrons. The SMILES string of the molecule is CC(C)c1ccc2c3ccc(-c4ccccc4)cc3n(-c3ccccc3)c2c1. The van der Waals surface area contributed by atoms with Gasteiger partial charge in [0.2, 0.25) is 0 Å². The maximum Gasteiger partial charge on any atom is 0.0547 e. The number of rotatable bonds is 3. The van der Waals surface area contributed by atoms with Crippen LogP contribution in [-0.4, -0.2) is 4.57 Å². The molecular formula is C27H23N. The zero-order valence-electron chi connectivity index (χ0n) is 16.3. The summed E-state index contributed by atoms with van der Waals surface area (Å²) in [4.78, 5) is 0. The van der Waals surface area contributed by atoms with E-state index >= 15 is 0 Å². The molecule has 0 N–H and O–H groups in total. The van der Waals surface area contributed by atoms with Crippen LogP contribution < -0.4 is 0 Å². The standard InChI is InChI=1S/C27H23N/c1-19(2)21-13-15-24-25-16-14-22(20-9-5-3-6-10-20)18-27(25)28(26(24)17-21)23-11-7-4-8-12-23/h3-19H,1-2H3. The van der Waals surface area contributed by atoms with Gasteiger partial charge in [0.25, 0.3) is 0 Å². The van der Waals surface area contributed by atoms with Crippen LogP contribution in [0.4, 0.5) is 0 Å². The minimum Gasteiger partial charge on any atom is -0.309 e. The third kappa shape index (κ3) is 2.71. The summed E-state index contributed by atoms with van der Waals surface area (Å²) in [5.41, 5.74) is 7.60. The molecule has 0 saturated heterocycles. The van der Waals surface area contributed by atoms with Crippen molar-refractivity contribution in [3.63, 3.8) is 0 Å². The Bertz CT molecular complexity index is 1260. The summed E-state index contributed by atoms with van der Waals surface area (Å²) in [6.45, 7) is 4.51. The van der Waals surface area contributed by atoms with Crippen molar-refractivity contribution in [3.05, 3.63) is 103 Å². The van der Waals surface area contributed by atoms with Crippen LogP contribution in [0.1, 0.15) is 25.3 Å². The van der Waals surface area contributed by atoms with Crippen LogP contribution in [0.15, 0.2) is 97.1 Å². The summed E-state index contributed by atoms with van der Waals surface area (Å²) >= 11 is 0. The maximum atomic E-state index is 2.41. The van der Waals surface area contributed by atoms with Gasteiger partial charge in [0, 0.05) is 16.5 Å². The zero-order valence-corrected chi connectivity index (χ0v) is 16.3. The lowest BCUT2D eigenvalue weighted by Gasteiger charge is -2.10. The normalized spacial score (nSPS) is 11.5. The van der Waals surface area contributed by atoms with Crippen molar-refractivity contribution >= 4 is 21.8 Å². The van der Waals surface area contributed by atoms with Crippen LogP contribution in [0.5, 0.6) is 0 Å². The molecule has 0 fully saturated rings. The highest BCUT2D eigenvalue weighted by molar-refractivity contribution is 6.10. The van der Waals surface area contributed by atoms with Gasteiger partial charge in [0.15, 0.2) is 0 Å². The van der Waals surface area contributed by atoms with Gasteiger partial charge in [0.05, 0.1) is 11.0 Å². The van der Waals surface area contributed by atoms with E-state index in [0.29, 0.717) is 5.92 Å². The molecule has 0 radical (unpaired) electrons. The second-order valence-corrected chi connectivity index (χ2v) is 7.70. The first-order valence-electron chi connectivity index (χ1n) is 9.91. The number of fused-ring (bicyclic) bond motifs is 3. The van der Waals surface area contributed by atoms with E-state index in [4.69, 9.17) is 0 Å². The van der Waals surface area contributed by atoms with Crippen LogP contribution in [0.2, 0.25) is 0 Å². The van der Waals surface area contributed by atoms with Crippen molar-refractivity contribution in [2.75, 3.05) is 0 Å². The zero-order chi connectivity index (χ0) is 19.1. The number of nitrogens with zero attached hydrogens (tertiary/aromatic N) is 1. The lowest BCUT2D eigenvalue weighted by molar-refractivity contribution is 0.868. The molecule has 5 rings (SSSR count). The van der Waals surface area contributed by atoms with Gasteiger partial charge < -0.3 is 4.57 Å². The molecule has 1 heteroatoms. The largest absolute Gasteiger partial charge is 0.309 e. The highest BCUT2D eigenvalue weighted by Gasteiger charge is 2.14. The Kier molecular flexibility index (Phi) is 4.02. The second kappa shape index (κ2) is 6.69. The van der Waals surface area contributed by atoms with Crippen molar-refractivity contribution in [1.29, 1.82) is 0 Å². The summed E-state index contributed by atoms with van der Waals surface area (Å²) in [7, 11) is 0. The average Bonchev–Trinajstić information content (AvgIpc) is 3.07. The number of aromatic nitrogens is 1. The Morgan fingerprint density at radius 1 is 0.571 bits per heavy atom. The van der Waals surface area contributed by atoms with Crippen molar-refractivity contribution < 1.29 is 0 Å². The third-order valence-electron chi connectivity index (χ3n) is 5.58. The number of hydrogen-bond acceptors (Lipinski definition) is 0. The van der Waals surface area contributed by atoms with E-state index in [0.717, 1.165) is 0 Å². The van der Waals surface area contributed by atoms with Gasteiger partial charge in [-0.2, -0.15) is 0 Å². The molecule has 0 unspecified atom stereocenters. The average molecular weight is 361 g/mol. The van der Waals surface area contributed by atoms with Gasteiger partial charge in [-0.15, -0.1) is 0 Å². The molecule has 0 aliphatic carbocycles. The van der Waals surface area contributed by atoms with E-state index in [1.807, 2.05) is 0 Å². The number of para-hydroxylation sites is 1. The summed E-state index contributed by atoms with van der Waals surface area (Å²) < 4.78 is 2.41. The molecule has 4 aromatic carbocycles. The molecule has 1 aromatic heterocycles. The van der Waals surface area contributed by atoms with Crippen LogP contribution in [0.25, 0.3) is 38.6 Å². The quantitative estimate of drug-likeness (QED) is 0.312. The van der Waals surface area contributed by atoms with Crippen molar-refractivity contribution in [2.24, 2.45) is 0 Å². The van der Waals surface area contributed by atoms with E-state index in [1.165, 1.54) is 44.2 Å². The highest BCUT2D eigenvalue weighted by atomic mass is 15.0. The highest BCUT2D eigenvalue weighted by Crippen LogP contribution is 2.36. The topological polar surface area (TPSA) is 4.93 Å². The molecule has 1 nitrogen and oxygen atoms in total. The Balaban J connectivity index is 1.87. The smallest absolute Gasteiger partial charge is 0.0547 e. The maximum absolute atomic E-state index is 2.41. The predicted octanol–water partition coefficient (Wildman–Crippen LogP) is 7.57. The van der Waals surface area contributed by atoms with Crippen LogP contribution >= 0.6 is 0 Å². The summed E-state index contributed by atoms with van der Waals surface area (Å²) in [5, 5.41) is 2.61. The van der Waals surface area contributed by atoms with E-state index < -0.39 is 0 Å². The molecule has 0 amide bonds. The van der Waals surface area contributed by atoms with E-state index in [2.05, 4.69) is 115 Å². The molecule has 0 saturated carbocycles. The van der Waals surface area contributed by atoms with E-state index in [9.17, 15) is 0 Å². The minimum absolute atomic E-state index is 0.506. The van der Waals surface area contributed by atoms with Crippen LogP contribution in [-0.2, 0) is 0 Å². The molecule has 28 heavy (non-hydrogen) atoms. The number of hydrogen-bond donors (Lipinski definition) is 0. The van der Waals surface area contributed by atoms with E-state index in [-0.39, 0.29) is 0 Å². The van der Waals surface area contributed by atoms with Crippen molar-refractivity contribution in [2.45, 2.75) is 19.8 Å². The fraction of sp³-hybridized carbons (Fsp3) is 0.111. The lowest BCUT2D eigenvalue weighted by Crippen LogP contribution is -1.95. The molecule has 5 aromatic rings. The predicted molar refractivity (Wildman–Crippen MR) is 120 cm³/mol. The molecule has 0 aliphatic heterocycles. The molecule has 0 spiro atoms. The van der Waals surface area contributed by atoms with E-state index in [1.54, 1.807) is 0 Å². The molecule has 0 aliphatic rings. The fourth-order valence-corrected chi connectivity index (χ4v) is 4.06.